The highest BCUT2D eigenvalue weighted by atomic mass is 16.2. The molecular weight excluding hydrogens is 286 g/mol. The lowest BCUT2D eigenvalue weighted by Gasteiger charge is -2.13. The average molecular weight is 299 g/mol. The van der Waals surface area contributed by atoms with Gasteiger partial charge >= 0.3 is 0 Å². The Morgan fingerprint density at radius 3 is 1.87 bits per heavy atom. The normalized spacial score (nSPS) is 13.3. The molecule has 0 atom stereocenters. The highest BCUT2D eigenvalue weighted by molar-refractivity contribution is 6.34. The summed E-state index contributed by atoms with van der Waals surface area (Å²) in [6.45, 7) is 0. The highest BCUT2D eigenvalue weighted by Gasteiger charge is 2.36. The molecule has 0 radical (unpaired) electrons. The van der Waals surface area contributed by atoms with E-state index >= 15 is 0 Å². The smallest absolute Gasteiger partial charge is 0.266 e. The van der Waals surface area contributed by atoms with Crippen molar-refractivity contribution in [2.45, 2.75) is 0 Å². The lowest BCUT2D eigenvalue weighted by Crippen LogP contribution is -2.29. The van der Waals surface area contributed by atoms with Gasteiger partial charge in [-0.3, -0.25) is 9.59 Å². The molecule has 0 saturated heterocycles. The van der Waals surface area contributed by atoms with Gasteiger partial charge in [-0.2, -0.15) is 0 Å². The third kappa shape index (κ3) is 2.14. The summed E-state index contributed by atoms with van der Waals surface area (Å²) in [5, 5.41) is 0. The fourth-order valence-corrected chi connectivity index (χ4v) is 2.86. The molecule has 4 rings (SSSR count). The van der Waals surface area contributed by atoms with Crippen LogP contribution in [0.1, 0.15) is 20.7 Å². The molecule has 3 heteroatoms. The van der Waals surface area contributed by atoms with E-state index in [4.69, 9.17) is 0 Å². The van der Waals surface area contributed by atoms with Gasteiger partial charge < -0.3 is 0 Å². The number of hydrogen-bond donors (Lipinski definition) is 0. The Morgan fingerprint density at radius 1 is 0.565 bits per heavy atom. The molecule has 0 aliphatic carbocycles. The summed E-state index contributed by atoms with van der Waals surface area (Å²) in [5.41, 5.74) is 3.47. The maximum Gasteiger partial charge on any atom is 0.266 e. The van der Waals surface area contributed by atoms with Crippen molar-refractivity contribution >= 4 is 17.5 Å². The molecule has 3 nitrogen and oxygen atoms in total. The Morgan fingerprint density at radius 2 is 1.17 bits per heavy atom. The summed E-state index contributed by atoms with van der Waals surface area (Å²) in [7, 11) is 0. The predicted octanol–water partition coefficient (Wildman–Crippen LogP) is 4.15. The molecule has 0 spiro atoms. The quantitative estimate of drug-likeness (QED) is 0.666. The molecule has 0 saturated carbocycles. The Hall–Kier alpha value is -3.20. The van der Waals surface area contributed by atoms with Crippen LogP contribution in [0.4, 0.5) is 5.69 Å². The van der Waals surface area contributed by atoms with Gasteiger partial charge in [0.1, 0.15) is 0 Å². The van der Waals surface area contributed by atoms with E-state index in [-0.39, 0.29) is 11.8 Å². The second-order valence-corrected chi connectivity index (χ2v) is 5.41. The summed E-state index contributed by atoms with van der Waals surface area (Å²) >= 11 is 0. The molecule has 0 bridgehead atoms. The summed E-state index contributed by atoms with van der Waals surface area (Å²) in [6, 6.07) is 24.2. The van der Waals surface area contributed by atoms with Crippen LogP contribution in [0.15, 0.2) is 78.9 Å². The van der Waals surface area contributed by atoms with Gasteiger partial charge in [-0.25, -0.2) is 4.90 Å². The first-order chi connectivity index (χ1) is 11.3. The largest absolute Gasteiger partial charge is 0.268 e. The van der Waals surface area contributed by atoms with Crippen molar-refractivity contribution < 1.29 is 9.59 Å². The monoisotopic (exact) mass is 299 g/mol. The Kier molecular flexibility index (Phi) is 3.05. The van der Waals surface area contributed by atoms with Gasteiger partial charge in [-0.15, -0.1) is 0 Å². The molecule has 0 aromatic heterocycles. The van der Waals surface area contributed by atoms with E-state index in [9.17, 15) is 9.59 Å². The number of imide groups is 1. The fraction of sp³-hybridized carbons (Fsp3) is 0. The molecule has 0 unspecified atom stereocenters. The number of rotatable bonds is 2. The van der Waals surface area contributed by atoms with Gasteiger partial charge in [0.15, 0.2) is 0 Å². The Bertz CT molecular complexity index is 901. The van der Waals surface area contributed by atoms with Crippen LogP contribution >= 0.6 is 0 Å². The SMILES string of the molecule is O=C1c2ccc(-c3ccccc3)cc2C(=O)N1c1ccccc1. The van der Waals surface area contributed by atoms with Gasteiger partial charge in [0, 0.05) is 0 Å². The van der Waals surface area contributed by atoms with Crippen LogP contribution < -0.4 is 4.90 Å². The number of fused-ring (bicyclic) bond motifs is 1. The number of hydrogen-bond acceptors (Lipinski definition) is 2. The lowest BCUT2D eigenvalue weighted by atomic mass is 10.0. The molecule has 3 aromatic carbocycles. The van der Waals surface area contributed by atoms with Crippen molar-refractivity contribution in [3.05, 3.63) is 90.0 Å². The van der Waals surface area contributed by atoms with Crippen molar-refractivity contribution in [3.63, 3.8) is 0 Å². The zero-order valence-electron chi connectivity index (χ0n) is 12.3. The molecule has 1 aliphatic rings. The van der Waals surface area contributed by atoms with E-state index in [1.54, 1.807) is 24.3 Å². The lowest BCUT2D eigenvalue weighted by molar-refractivity contribution is 0.0926. The third-order valence-corrected chi connectivity index (χ3v) is 4.01. The van der Waals surface area contributed by atoms with Crippen molar-refractivity contribution in [2.24, 2.45) is 0 Å². The Labute approximate surface area is 133 Å². The minimum atomic E-state index is -0.269. The standard InChI is InChI=1S/C20H13NO2/c22-19-17-12-11-15(14-7-3-1-4-8-14)13-18(17)20(23)21(19)16-9-5-2-6-10-16/h1-13H. The van der Waals surface area contributed by atoms with Crippen LogP contribution in [0, 0.1) is 0 Å². The molecule has 0 N–H and O–H groups in total. The molecule has 110 valence electrons. The Balaban J connectivity index is 1.80. The van der Waals surface area contributed by atoms with E-state index in [1.807, 2.05) is 54.6 Å². The number of amides is 2. The summed E-state index contributed by atoms with van der Waals surface area (Å²) in [4.78, 5) is 26.5. The van der Waals surface area contributed by atoms with Gasteiger partial charge in [0.2, 0.25) is 0 Å². The highest BCUT2D eigenvalue weighted by Crippen LogP contribution is 2.31. The predicted molar refractivity (Wildman–Crippen MR) is 89.5 cm³/mol. The number of anilines is 1. The maximum absolute atomic E-state index is 12.7. The van der Waals surface area contributed by atoms with Crippen molar-refractivity contribution in [1.29, 1.82) is 0 Å². The first-order valence-corrected chi connectivity index (χ1v) is 7.39. The number of nitrogens with zero attached hydrogens (tertiary/aromatic N) is 1. The molecule has 1 aliphatic heterocycles. The minimum absolute atomic E-state index is 0.268. The van der Waals surface area contributed by atoms with Crippen molar-refractivity contribution in [2.75, 3.05) is 4.90 Å². The fourth-order valence-electron chi connectivity index (χ4n) is 2.86. The minimum Gasteiger partial charge on any atom is -0.268 e. The molecule has 2 amide bonds. The van der Waals surface area contributed by atoms with Gasteiger partial charge in [0.05, 0.1) is 16.8 Å². The number of carbonyl (C=O) groups excluding carboxylic acids is 2. The molecular formula is C20H13NO2. The van der Waals surface area contributed by atoms with Crippen LogP contribution in [0.25, 0.3) is 11.1 Å². The van der Waals surface area contributed by atoms with E-state index in [0.29, 0.717) is 16.8 Å². The van der Waals surface area contributed by atoms with Gasteiger partial charge in [0.25, 0.3) is 11.8 Å². The first-order valence-electron chi connectivity index (χ1n) is 7.39. The van der Waals surface area contributed by atoms with Crippen LogP contribution in [0.3, 0.4) is 0 Å². The van der Waals surface area contributed by atoms with Crippen molar-refractivity contribution in [1.82, 2.24) is 0 Å². The van der Waals surface area contributed by atoms with Crippen LogP contribution in [-0.4, -0.2) is 11.8 Å². The van der Waals surface area contributed by atoms with Crippen molar-refractivity contribution in [3.8, 4) is 11.1 Å². The molecule has 1 heterocycles. The van der Waals surface area contributed by atoms with E-state index in [1.165, 1.54) is 4.90 Å². The van der Waals surface area contributed by atoms with E-state index in [2.05, 4.69) is 0 Å². The zero-order valence-corrected chi connectivity index (χ0v) is 12.3. The average Bonchev–Trinajstić information content (AvgIpc) is 2.87. The second-order valence-electron chi connectivity index (χ2n) is 5.41. The van der Waals surface area contributed by atoms with Crippen LogP contribution in [0.2, 0.25) is 0 Å². The third-order valence-electron chi connectivity index (χ3n) is 4.01. The number of benzene rings is 3. The maximum atomic E-state index is 12.7. The van der Waals surface area contributed by atoms with Gasteiger partial charge in [-0.1, -0.05) is 54.6 Å². The first kappa shape index (κ1) is 13.5. The summed E-state index contributed by atoms with van der Waals surface area (Å²) < 4.78 is 0. The molecule has 0 fully saturated rings. The number of para-hydroxylation sites is 1. The van der Waals surface area contributed by atoms with E-state index < -0.39 is 0 Å². The molecule has 3 aromatic rings. The summed E-state index contributed by atoms with van der Waals surface area (Å²) in [6.07, 6.45) is 0. The number of carbonyl (C=O) groups is 2. The van der Waals surface area contributed by atoms with Crippen LogP contribution in [0.5, 0.6) is 0 Å². The zero-order chi connectivity index (χ0) is 15.8. The molecule has 23 heavy (non-hydrogen) atoms. The summed E-state index contributed by atoms with van der Waals surface area (Å²) in [5.74, 6) is -0.537. The van der Waals surface area contributed by atoms with E-state index in [0.717, 1.165) is 11.1 Å². The second kappa shape index (κ2) is 5.21. The van der Waals surface area contributed by atoms with Gasteiger partial charge in [-0.05, 0) is 35.4 Å². The topological polar surface area (TPSA) is 37.4 Å². The van der Waals surface area contributed by atoms with Crippen LogP contribution in [-0.2, 0) is 0 Å².